The molecule has 1 N–H and O–H groups in total. The van der Waals surface area contributed by atoms with E-state index in [-0.39, 0.29) is 16.1 Å². The van der Waals surface area contributed by atoms with E-state index in [0.29, 0.717) is 6.07 Å². The minimum atomic E-state index is -1.32. The Labute approximate surface area is 106 Å². The summed E-state index contributed by atoms with van der Waals surface area (Å²) in [4.78, 5) is 0. The molecule has 1 nitrogen and oxygen atoms in total. The standard InChI is InChI=1S/C13H8ClF3O/c14-11-2-1-7(5-12(11)17)13(18)8-3-9(15)6-10(16)4-8/h1-6,13,18H. The van der Waals surface area contributed by atoms with Crippen LogP contribution < -0.4 is 0 Å². The van der Waals surface area contributed by atoms with Crippen LogP contribution in [-0.2, 0) is 0 Å². The first-order valence-corrected chi connectivity index (χ1v) is 5.44. The largest absolute Gasteiger partial charge is 0.384 e. The molecule has 0 bridgehead atoms. The summed E-state index contributed by atoms with van der Waals surface area (Å²) >= 11 is 5.51. The van der Waals surface area contributed by atoms with Gasteiger partial charge in [-0.25, -0.2) is 13.2 Å². The molecule has 5 heteroatoms. The first kappa shape index (κ1) is 12.9. The number of aliphatic hydroxyl groups is 1. The Hall–Kier alpha value is -1.52. The van der Waals surface area contributed by atoms with Crippen LogP contribution in [-0.4, -0.2) is 5.11 Å². The fourth-order valence-electron chi connectivity index (χ4n) is 1.61. The van der Waals surface area contributed by atoms with E-state index in [1.54, 1.807) is 0 Å². The number of halogens is 4. The molecule has 1 atom stereocenters. The highest BCUT2D eigenvalue weighted by Gasteiger charge is 2.14. The Morgan fingerprint density at radius 3 is 2.06 bits per heavy atom. The van der Waals surface area contributed by atoms with Crippen LogP contribution in [0.15, 0.2) is 36.4 Å². The third kappa shape index (κ3) is 2.66. The Bertz CT molecular complexity index is 566. The Balaban J connectivity index is 2.40. The predicted octanol–water partition coefficient (Wildman–Crippen LogP) is 3.84. The van der Waals surface area contributed by atoms with Crippen LogP contribution >= 0.6 is 11.6 Å². The smallest absolute Gasteiger partial charge is 0.142 e. The van der Waals surface area contributed by atoms with E-state index < -0.39 is 23.6 Å². The number of hydrogen-bond donors (Lipinski definition) is 1. The Morgan fingerprint density at radius 2 is 1.50 bits per heavy atom. The minimum absolute atomic E-state index is 0.00854. The minimum Gasteiger partial charge on any atom is -0.384 e. The molecule has 0 saturated carbocycles. The fraction of sp³-hybridized carbons (Fsp3) is 0.0769. The van der Waals surface area contributed by atoms with Gasteiger partial charge in [0.25, 0.3) is 0 Å². The number of rotatable bonds is 2. The monoisotopic (exact) mass is 272 g/mol. The summed E-state index contributed by atoms with van der Waals surface area (Å²) in [5.74, 6) is -2.32. The van der Waals surface area contributed by atoms with Gasteiger partial charge in [0.2, 0.25) is 0 Å². The lowest BCUT2D eigenvalue weighted by atomic mass is 10.0. The molecular formula is C13H8ClF3O. The summed E-state index contributed by atoms with van der Waals surface area (Å²) in [6.07, 6.45) is -1.32. The van der Waals surface area contributed by atoms with Crippen LogP contribution in [0.2, 0.25) is 5.02 Å². The van der Waals surface area contributed by atoms with Gasteiger partial charge in [0.15, 0.2) is 0 Å². The molecule has 0 fully saturated rings. The quantitative estimate of drug-likeness (QED) is 0.881. The van der Waals surface area contributed by atoms with Crippen molar-refractivity contribution in [1.82, 2.24) is 0 Å². The first-order valence-electron chi connectivity index (χ1n) is 5.06. The topological polar surface area (TPSA) is 20.2 Å². The average molecular weight is 273 g/mol. The Kier molecular flexibility index (Phi) is 3.59. The van der Waals surface area contributed by atoms with E-state index in [1.165, 1.54) is 12.1 Å². The van der Waals surface area contributed by atoms with Gasteiger partial charge in [-0.3, -0.25) is 0 Å². The second kappa shape index (κ2) is 5.00. The zero-order chi connectivity index (χ0) is 13.3. The van der Waals surface area contributed by atoms with E-state index >= 15 is 0 Å². The van der Waals surface area contributed by atoms with E-state index in [0.717, 1.165) is 18.2 Å². The SMILES string of the molecule is OC(c1cc(F)cc(F)c1)c1ccc(Cl)c(F)c1. The van der Waals surface area contributed by atoms with Crippen molar-refractivity contribution in [3.8, 4) is 0 Å². The molecule has 0 radical (unpaired) electrons. The summed E-state index contributed by atoms with van der Waals surface area (Å²) in [6.45, 7) is 0. The molecule has 0 spiro atoms. The van der Waals surface area contributed by atoms with Gasteiger partial charge >= 0.3 is 0 Å². The molecule has 0 aliphatic heterocycles. The Morgan fingerprint density at radius 1 is 0.889 bits per heavy atom. The molecule has 0 heterocycles. The van der Waals surface area contributed by atoms with Crippen molar-refractivity contribution in [2.75, 3.05) is 0 Å². The van der Waals surface area contributed by atoms with Crippen molar-refractivity contribution >= 4 is 11.6 Å². The molecule has 0 saturated heterocycles. The van der Waals surface area contributed by atoms with Gasteiger partial charge in [-0.2, -0.15) is 0 Å². The molecule has 0 aliphatic rings. The van der Waals surface area contributed by atoms with Gasteiger partial charge < -0.3 is 5.11 Å². The number of aliphatic hydroxyl groups excluding tert-OH is 1. The summed E-state index contributed by atoms with van der Waals surface area (Å²) in [5.41, 5.74) is 0.177. The lowest BCUT2D eigenvalue weighted by Crippen LogP contribution is -2.01. The van der Waals surface area contributed by atoms with Crippen molar-refractivity contribution in [2.24, 2.45) is 0 Å². The molecule has 2 aromatic carbocycles. The van der Waals surface area contributed by atoms with Crippen molar-refractivity contribution in [1.29, 1.82) is 0 Å². The van der Waals surface area contributed by atoms with Gasteiger partial charge in [0.1, 0.15) is 23.6 Å². The second-order valence-electron chi connectivity index (χ2n) is 3.78. The highest BCUT2D eigenvalue weighted by atomic mass is 35.5. The maximum absolute atomic E-state index is 13.2. The molecule has 94 valence electrons. The lowest BCUT2D eigenvalue weighted by Gasteiger charge is -2.12. The fourth-order valence-corrected chi connectivity index (χ4v) is 1.73. The van der Waals surface area contributed by atoms with Crippen LogP contribution in [0.3, 0.4) is 0 Å². The van der Waals surface area contributed by atoms with Crippen LogP contribution in [0.25, 0.3) is 0 Å². The number of hydrogen-bond acceptors (Lipinski definition) is 1. The van der Waals surface area contributed by atoms with E-state index in [4.69, 9.17) is 11.6 Å². The average Bonchev–Trinajstić information content (AvgIpc) is 2.30. The van der Waals surface area contributed by atoms with Crippen LogP contribution in [0.1, 0.15) is 17.2 Å². The first-order chi connectivity index (χ1) is 8.47. The maximum Gasteiger partial charge on any atom is 0.142 e. The van der Waals surface area contributed by atoms with Gasteiger partial charge in [-0.05, 0) is 35.4 Å². The number of benzene rings is 2. The van der Waals surface area contributed by atoms with Gasteiger partial charge in [0.05, 0.1) is 5.02 Å². The summed E-state index contributed by atoms with van der Waals surface area (Å²) < 4.78 is 39.2. The summed E-state index contributed by atoms with van der Waals surface area (Å²) in [5, 5.41) is 9.83. The molecule has 2 rings (SSSR count). The molecule has 2 aromatic rings. The van der Waals surface area contributed by atoms with Gasteiger partial charge in [-0.1, -0.05) is 17.7 Å². The van der Waals surface area contributed by atoms with E-state index in [9.17, 15) is 18.3 Å². The van der Waals surface area contributed by atoms with Gasteiger partial charge in [0, 0.05) is 6.07 Å². The molecular weight excluding hydrogens is 265 g/mol. The molecule has 0 aliphatic carbocycles. The zero-order valence-electron chi connectivity index (χ0n) is 9.00. The highest BCUT2D eigenvalue weighted by Crippen LogP contribution is 2.26. The third-order valence-corrected chi connectivity index (χ3v) is 2.77. The molecule has 18 heavy (non-hydrogen) atoms. The van der Waals surface area contributed by atoms with Crippen molar-refractivity contribution in [2.45, 2.75) is 6.10 Å². The zero-order valence-corrected chi connectivity index (χ0v) is 9.76. The normalized spacial score (nSPS) is 12.5. The third-order valence-electron chi connectivity index (χ3n) is 2.46. The predicted molar refractivity (Wildman–Crippen MR) is 61.8 cm³/mol. The summed E-state index contributed by atoms with van der Waals surface area (Å²) in [6, 6.07) is 6.35. The highest BCUT2D eigenvalue weighted by molar-refractivity contribution is 6.30. The van der Waals surface area contributed by atoms with Crippen LogP contribution in [0.5, 0.6) is 0 Å². The van der Waals surface area contributed by atoms with Crippen LogP contribution in [0, 0.1) is 17.5 Å². The molecule has 1 unspecified atom stereocenters. The van der Waals surface area contributed by atoms with Gasteiger partial charge in [-0.15, -0.1) is 0 Å². The summed E-state index contributed by atoms with van der Waals surface area (Å²) in [7, 11) is 0. The van der Waals surface area contributed by atoms with Crippen molar-refractivity contribution in [3.63, 3.8) is 0 Å². The molecule has 0 aromatic heterocycles. The van der Waals surface area contributed by atoms with E-state index in [2.05, 4.69) is 0 Å². The van der Waals surface area contributed by atoms with Crippen molar-refractivity contribution in [3.05, 3.63) is 70.0 Å². The lowest BCUT2D eigenvalue weighted by molar-refractivity contribution is 0.218. The maximum atomic E-state index is 13.2. The van der Waals surface area contributed by atoms with E-state index in [1.807, 2.05) is 0 Å². The second-order valence-corrected chi connectivity index (χ2v) is 4.19. The van der Waals surface area contributed by atoms with Crippen LogP contribution in [0.4, 0.5) is 13.2 Å². The van der Waals surface area contributed by atoms with Crippen molar-refractivity contribution < 1.29 is 18.3 Å². The molecule has 0 amide bonds.